The quantitative estimate of drug-likeness (QED) is 0.597. The van der Waals surface area contributed by atoms with Crippen molar-refractivity contribution in [2.75, 3.05) is 0 Å². The van der Waals surface area contributed by atoms with Crippen LogP contribution in [0.15, 0.2) is 79.0 Å². The van der Waals surface area contributed by atoms with E-state index in [0.29, 0.717) is 18.1 Å². The molecule has 0 aliphatic rings. The molecule has 6 heteroatoms. The minimum atomic E-state index is -0.638. The lowest BCUT2D eigenvalue weighted by Crippen LogP contribution is -2.48. The summed E-state index contributed by atoms with van der Waals surface area (Å²) in [5.74, 6) is -0.340. The molecule has 0 saturated heterocycles. The van der Waals surface area contributed by atoms with E-state index >= 15 is 0 Å². The largest absolute Gasteiger partial charge is 0.349 e. The SMILES string of the molecule is C[C@H](C(=O)NCc1ccccn1)N(Cc1ccc(Cl)cc1)C(=O)Cc1ccccc1. The molecule has 1 heterocycles. The lowest BCUT2D eigenvalue weighted by molar-refractivity contribution is -0.140. The predicted octanol–water partition coefficient (Wildman–Crippen LogP) is 4.01. The summed E-state index contributed by atoms with van der Waals surface area (Å²) in [7, 11) is 0. The van der Waals surface area contributed by atoms with Crippen molar-refractivity contribution in [2.45, 2.75) is 32.5 Å². The monoisotopic (exact) mass is 421 g/mol. The van der Waals surface area contributed by atoms with Gasteiger partial charge in [0.15, 0.2) is 0 Å². The number of nitrogens with zero attached hydrogens (tertiary/aromatic N) is 2. The maximum absolute atomic E-state index is 13.1. The van der Waals surface area contributed by atoms with Crippen molar-refractivity contribution in [1.29, 1.82) is 0 Å². The van der Waals surface area contributed by atoms with Gasteiger partial charge in [-0.2, -0.15) is 0 Å². The predicted molar refractivity (Wildman–Crippen MR) is 118 cm³/mol. The van der Waals surface area contributed by atoms with Gasteiger partial charge in [-0.3, -0.25) is 14.6 Å². The van der Waals surface area contributed by atoms with Gasteiger partial charge in [0.2, 0.25) is 11.8 Å². The van der Waals surface area contributed by atoms with E-state index in [4.69, 9.17) is 11.6 Å². The highest BCUT2D eigenvalue weighted by Crippen LogP contribution is 2.15. The molecule has 1 N–H and O–H groups in total. The minimum absolute atomic E-state index is 0.114. The Hall–Kier alpha value is -3.18. The average Bonchev–Trinajstić information content (AvgIpc) is 2.78. The summed E-state index contributed by atoms with van der Waals surface area (Å²) >= 11 is 5.98. The van der Waals surface area contributed by atoms with Crippen LogP contribution in [-0.4, -0.2) is 27.7 Å². The maximum Gasteiger partial charge on any atom is 0.242 e. The smallest absolute Gasteiger partial charge is 0.242 e. The van der Waals surface area contributed by atoms with Crippen molar-refractivity contribution in [3.05, 3.63) is 101 Å². The molecule has 0 saturated carbocycles. The highest BCUT2D eigenvalue weighted by Gasteiger charge is 2.26. The first-order valence-electron chi connectivity index (χ1n) is 9.78. The van der Waals surface area contributed by atoms with Crippen molar-refractivity contribution in [3.8, 4) is 0 Å². The third kappa shape index (κ3) is 6.16. The first-order valence-corrected chi connectivity index (χ1v) is 10.2. The summed E-state index contributed by atoms with van der Waals surface area (Å²) in [5.41, 5.74) is 2.58. The van der Waals surface area contributed by atoms with E-state index in [1.54, 1.807) is 30.2 Å². The van der Waals surface area contributed by atoms with Gasteiger partial charge in [-0.05, 0) is 42.3 Å². The van der Waals surface area contributed by atoms with E-state index in [1.165, 1.54) is 0 Å². The topological polar surface area (TPSA) is 62.3 Å². The van der Waals surface area contributed by atoms with E-state index in [-0.39, 0.29) is 18.2 Å². The molecule has 2 amide bonds. The third-order valence-electron chi connectivity index (χ3n) is 4.80. The minimum Gasteiger partial charge on any atom is -0.349 e. The van der Waals surface area contributed by atoms with Crippen LogP contribution in [0.25, 0.3) is 0 Å². The van der Waals surface area contributed by atoms with Crippen LogP contribution >= 0.6 is 11.6 Å². The zero-order valence-electron chi connectivity index (χ0n) is 16.8. The molecular formula is C24H24ClN3O2. The second-order valence-electron chi connectivity index (χ2n) is 7.03. The van der Waals surface area contributed by atoms with Crippen LogP contribution in [0.2, 0.25) is 5.02 Å². The van der Waals surface area contributed by atoms with Gasteiger partial charge in [0.25, 0.3) is 0 Å². The Balaban J connectivity index is 1.73. The number of nitrogens with one attached hydrogen (secondary N) is 1. The molecular weight excluding hydrogens is 398 g/mol. The van der Waals surface area contributed by atoms with Gasteiger partial charge in [-0.15, -0.1) is 0 Å². The molecule has 2 aromatic carbocycles. The number of rotatable bonds is 8. The molecule has 0 bridgehead atoms. The van der Waals surface area contributed by atoms with Crippen LogP contribution in [0.3, 0.4) is 0 Å². The highest BCUT2D eigenvalue weighted by molar-refractivity contribution is 6.30. The Kier molecular flexibility index (Phi) is 7.57. The van der Waals surface area contributed by atoms with Gasteiger partial charge >= 0.3 is 0 Å². The number of carbonyl (C=O) groups excluding carboxylic acids is 2. The first kappa shape index (κ1) is 21.5. The molecule has 0 fully saturated rings. The number of halogens is 1. The van der Waals surface area contributed by atoms with Crippen molar-refractivity contribution < 1.29 is 9.59 Å². The fourth-order valence-corrected chi connectivity index (χ4v) is 3.20. The molecule has 0 aliphatic carbocycles. The van der Waals surface area contributed by atoms with E-state index in [0.717, 1.165) is 16.8 Å². The molecule has 154 valence electrons. The average molecular weight is 422 g/mol. The van der Waals surface area contributed by atoms with E-state index in [2.05, 4.69) is 10.3 Å². The Bertz CT molecular complexity index is 963. The number of carbonyl (C=O) groups is 2. The van der Waals surface area contributed by atoms with Crippen LogP contribution in [-0.2, 0) is 29.1 Å². The van der Waals surface area contributed by atoms with E-state index in [1.807, 2.05) is 60.7 Å². The lowest BCUT2D eigenvalue weighted by atomic mass is 10.1. The second-order valence-corrected chi connectivity index (χ2v) is 7.46. The second kappa shape index (κ2) is 10.6. The molecule has 3 aromatic rings. The molecule has 1 atom stereocenters. The van der Waals surface area contributed by atoms with Gasteiger partial charge in [-0.25, -0.2) is 0 Å². The Morgan fingerprint density at radius 2 is 1.67 bits per heavy atom. The maximum atomic E-state index is 13.1. The van der Waals surface area contributed by atoms with Crippen LogP contribution < -0.4 is 5.32 Å². The molecule has 1 aromatic heterocycles. The van der Waals surface area contributed by atoms with Crippen LogP contribution in [0.1, 0.15) is 23.7 Å². The Labute approximate surface area is 181 Å². The van der Waals surface area contributed by atoms with Crippen molar-refractivity contribution >= 4 is 23.4 Å². The number of hydrogen-bond donors (Lipinski definition) is 1. The van der Waals surface area contributed by atoms with Gasteiger partial charge in [-0.1, -0.05) is 60.1 Å². The van der Waals surface area contributed by atoms with Crippen LogP contribution in [0, 0.1) is 0 Å². The number of amides is 2. The lowest BCUT2D eigenvalue weighted by Gasteiger charge is -2.29. The first-order chi connectivity index (χ1) is 14.5. The van der Waals surface area contributed by atoms with Gasteiger partial charge < -0.3 is 10.2 Å². The Morgan fingerprint density at radius 1 is 0.967 bits per heavy atom. The fraction of sp³-hybridized carbons (Fsp3) is 0.208. The summed E-state index contributed by atoms with van der Waals surface area (Å²) in [5, 5.41) is 3.50. The van der Waals surface area contributed by atoms with Crippen molar-refractivity contribution in [2.24, 2.45) is 0 Å². The summed E-state index contributed by atoms with van der Waals surface area (Å²) in [4.78, 5) is 31.7. The molecule has 3 rings (SSSR count). The molecule has 0 aliphatic heterocycles. The number of pyridine rings is 1. The van der Waals surface area contributed by atoms with Gasteiger partial charge in [0.1, 0.15) is 6.04 Å². The van der Waals surface area contributed by atoms with Crippen LogP contribution in [0.4, 0.5) is 0 Å². The molecule has 0 spiro atoms. The summed E-state index contributed by atoms with van der Waals surface area (Å²) in [6, 6.07) is 21.7. The molecule has 0 unspecified atom stereocenters. The summed E-state index contributed by atoms with van der Waals surface area (Å²) < 4.78 is 0. The van der Waals surface area contributed by atoms with Crippen LogP contribution in [0.5, 0.6) is 0 Å². The molecule has 30 heavy (non-hydrogen) atoms. The zero-order chi connectivity index (χ0) is 21.3. The summed E-state index contributed by atoms with van der Waals surface area (Å²) in [6.07, 6.45) is 1.91. The molecule has 5 nitrogen and oxygen atoms in total. The highest BCUT2D eigenvalue weighted by atomic mass is 35.5. The number of aromatic nitrogens is 1. The molecule has 0 radical (unpaired) electrons. The zero-order valence-corrected chi connectivity index (χ0v) is 17.5. The number of hydrogen-bond acceptors (Lipinski definition) is 3. The third-order valence-corrected chi connectivity index (χ3v) is 5.05. The van der Waals surface area contributed by atoms with E-state index in [9.17, 15) is 9.59 Å². The Morgan fingerprint density at radius 3 is 2.33 bits per heavy atom. The summed E-state index contributed by atoms with van der Waals surface area (Å²) in [6.45, 7) is 2.37. The van der Waals surface area contributed by atoms with Gasteiger partial charge in [0, 0.05) is 17.8 Å². The fourth-order valence-electron chi connectivity index (χ4n) is 3.07. The van der Waals surface area contributed by atoms with Crippen molar-refractivity contribution in [3.63, 3.8) is 0 Å². The number of benzene rings is 2. The van der Waals surface area contributed by atoms with Gasteiger partial charge in [0.05, 0.1) is 18.7 Å². The van der Waals surface area contributed by atoms with E-state index < -0.39 is 6.04 Å². The standard InChI is InChI=1S/C24H24ClN3O2/c1-18(24(30)27-16-22-9-5-6-14-26-22)28(17-20-10-12-21(25)13-11-20)23(29)15-19-7-3-2-4-8-19/h2-14,18H,15-17H2,1H3,(H,27,30)/t18-/m1/s1. The van der Waals surface area contributed by atoms with Crippen molar-refractivity contribution in [1.82, 2.24) is 15.2 Å². The normalized spacial score (nSPS) is 11.5.